The largest absolute Gasteiger partial charge is 0.453 e. The molecule has 1 aromatic heterocycles. The molecule has 3 heterocycles. The third kappa shape index (κ3) is 3.81. The van der Waals surface area contributed by atoms with E-state index in [9.17, 15) is 14.4 Å². The smallest absolute Gasteiger partial charge is 0.409 e. The molecule has 164 valence electrons. The number of nitrogens with zero attached hydrogens (tertiary/aromatic N) is 4. The van der Waals surface area contributed by atoms with Crippen molar-refractivity contribution in [2.45, 2.75) is 11.8 Å². The zero-order valence-electron chi connectivity index (χ0n) is 17.3. The molecule has 9 nitrogen and oxygen atoms in total. The lowest BCUT2D eigenvalue weighted by atomic mass is 9.81. The summed E-state index contributed by atoms with van der Waals surface area (Å²) in [5.74, 6) is -0.231. The van der Waals surface area contributed by atoms with Crippen LogP contribution in [0.15, 0.2) is 23.6 Å². The van der Waals surface area contributed by atoms with Gasteiger partial charge < -0.3 is 14.5 Å². The Balaban J connectivity index is 1.58. The summed E-state index contributed by atoms with van der Waals surface area (Å²) in [5, 5.41) is 5.32. The number of likely N-dealkylation sites (tertiary alicyclic amines) is 1. The standard InChI is InChI=1S/C20H22ClN5O4S/c1-24(2)16(27)14-9-31-17(22-14)23-18(28)26-11-20(6-7-25(10-20)19(29)30-3)13-8-12(21)4-5-15(13)26/h4-5,8-9H,6-7,10-11H2,1-3H3,(H,22,23,28). The van der Waals surface area contributed by atoms with Gasteiger partial charge in [0.2, 0.25) is 0 Å². The highest BCUT2D eigenvalue weighted by Crippen LogP contribution is 2.47. The lowest BCUT2D eigenvalue weighted by Gasteiger charge is -2.25. The molecule has 4 amide bonds. The predicted molar refractivity (Wildman–Crippen MR) is 118 cm³/mol. The van der Waals surface area contributed by atoms with Gasteiger partial charge in [0.05, 0.1) is 7.11 Å². The third-order valence-electron chi connectivity index (χ3n) is 5.66. The number of nitrogens with one attached hydrogen (secondary N) is 1. The lowest BCUT2D eigenvalue weighted by molar-refractivity contribution is 0.0822. The molecule has 0 saturated carbocycles. The van der Waals surface area contributed by atoms with Gasteiger partial charge in [-0.1, -0.05) is 11.6 Å². The van der Waals surface area contributed by atoms with Crippen LogP contribution in [0.1, 0.15) is 22.5 Å². The molecule has 1 unspecified atom stereocenters. The first-order chi connectivity index (χ1) is 14.7. The average molecular weight is 464 g/mol. The zero-order valence-corrected chi connectivity index (χ0v) is 18.9. The topological polar surface area (TPSA) is 95.1 Å². The number of ether oxygens (including phenoxy) is 1. The van der Waals surface area contributed by atoms with E-state index in [0.717, 1.165) is 11.3 Å². The van der Waals surface area contributed by atoms with Gasteiger partial charge in [0.1, 0.15) is 5.69 Å². The highest BCUT2D eigenvalue weighted by atomic mass is 35.5. The van der Waals surface area contributed by atoms with Gasteiger partial charge in [0.15, 0.2) is 5.13 Å². The Morgan fingerprint density at radius 3 is 2.77 bits per heavy atom. The molecule has 1 atom stereocenters. The SMILES string of the molecule is COC(=O)N1CCC2(C1)CN(C(=O)Nc1nc(C(=O)N(C)C)cs1)c1ccc(Cl)cc12. The van der Waals surface area contributed by atoms with Crippen LogP contribution in [-0.2, 0) is 10.2 Å². The van der Waals surface area contributed by atoms with Crippen LogP contribution < -0.4 is 10.2 Å². The number of methoxy groups -OCH3 is 1. The van der Waals surface area contributed by atoms with Gasteiger partial charge in [-0.3, -0.25) is 15.0 Å². The van der Waals surface area contributed by atoms with Gasteiger partial charge in [-0.15, -0.1) is 11.3 Å². The molecule has 1 aromatic carbocycles. The fourth-order valence-electron chi connectivity index (χ4n) is 4.15. The maximum atomic E-state index is 13.1. The quantitative estimate of drug-likeness (QED) is 0.737. The maximum absolute atomic E-state index is 13.1. The number of hydrogen-bond donors (Lipinski definition) is 1. The van der Waals surface area contributed by atoms with Crippen LogP contribution in [0.3, 0.4) is 0 Å². The Bertz CT molecular complexity index is 1060. The molecule has 4 rings (SSSR count). The first-order valence-electron chi connectivity index (χ1n) is 9.63. The van der Waals surface area contributed by atoms with Crippen molar-refractivity contribution in [1.29, 1.82) is 0 Å². The summed E-state index contributed by atoms with van der Waals surface area (Å²) < 4.78 is 4.87. The van der Waals surface area contributed by atoms with Gasteiger partial charge in [-0.2, -0.15) is 0 Å². The Morgan fingerprint density at radius 2 is 2.06 bits per heavy atom. The Kier molecular flexibility index (Phi) is 5.52. The highest BCUT2D eigenvalue weighted by Gasteiger charge is 2.50. The molecule has 31 heavy (non-hydrogen) atoms. The monoisotopic (exact) mass is 463 g/mol. The number of amides is 4. The molecule has 1 saturated heterocycles. The second-order valence-corrected chi connectivity index (χ2v) is 9.13. The number of halogens is 1. The van der Waals surface area contributed by atoms with Gasteiger partial charge in [-0.25, -0.2) is 14.6 Å². The minimum absolute atomic E-state index is 0.231. The Morgan fingerprint density at radius 1 is 1.29 bits per heavy atom. The molecular weight excluding hydrogens is 442 g/mol. The van der Waals surface area contributed by atoms with Crippen molar-refractivity contribution in [2.75, 3.05) is 51.1 Å². The molecule has 1 spiro atoms. The average Bonchev–Trinajstić information content (AvgIpc) is 3.45. The lowest BCUT2D eigenvalue weighted by Crippen LogP contribution is -2.41. The fraction of sp³-hybridized carbons (Fsp3) is 0.400. The first-order valence-corrected chi connectivity index (χ1v) is 10.9. The van der Waals surface area contributed by atoms with Crippen LogP contribution in [0.5, 0.6) is 0 Å². The van der Waals surface area contributed by atoms with E-state index in [1.54, 1.807) is 35.3 Å². The summed E-state index contributed by atoms with van der Waals surface area (Å²) in [6.45, 7) is 1.38. The van der Waals surface area contributed by atoms with Crippen LogP contribution in [0, 0.1) is 0 Å². The second-order valence-electron chi connectivity index (χ2n) is 7.84. The van der Waals surface area contributed by atoms with Crippen molar-refractivity contribution in [1.82, 2.24) is 14.8 Å². The summed E-state index contributed by atoms with van der Waals surface area (Å²) in [6, 6.07) is 5.07. The molecule has 1 N–H and O–H groups in total. The van der Waals surface area contributed by atoms with E-state index in [0.29, 0.717) is 36.2 Å². The Hall–Kier alpha value is -2.85. The highest BCUT2D eigenvalue weighted by molar-refractivity contribution is 7.14. The minimum Gasteiger partial charge on any atom is -0.453 e. The number of aromatic nitrogens is 1. The van der Waals surface area contributed by atoms with Crippen LogP contribution in [0.2, 0.25) is 5.02 Å². The fourth-order valence-corrected chi connectivity index (χ4v) is 4.99. The third-order valence-corrected chi connectivity index (χ3v) is 6.65. The van der Waals surface area contributed by atoms with Crippen LogP contribution in [0.25, 0.3) is 0 Å². The van der Waals surface area contributed by atoms with Gasteiger partial charge in [-0.05, 0) is 30.2 Å². The summed E-state index contributed by atoms with van der Waals surface area (Å²) >= 11 is 7.45. The predicted octanol–water partition coefficient (Wildman–Crippen LogP) is 3.26. The van der Waals surface area contributed by atoms with E-state index in [2.05, 4.69) is 10.3 Å². The molecule has 0 bridgehead atoms. The Labute approximate surface area is 188 Å². The van der Waals surface area contributed by atoms with Crippen molar-refractivity contribution in [3.05, 3.63) is 39.9 Å². The van der Waals surface area contributed by atoms with Crippen molar-refractivity contribution in [3.8, 4) is 0 Å². The van der Waals surface area contributed by atoms with Crippen molar-refractivity contribution >= 4 is 51.8 Å². The number of anilines is 2. The normalized spacial score (nSPS) is 19.5. The van der Waals surface area contributed by atoms with Crippen molar-refractivity contribution in [3.63, 3.8) is 0 Å². The number of hydrogen-bond acceptors (Lipinski definition) is 6. The number of rotatable bonds is 2. The van der Waals surface area contributed by atoms with Crippen molar-refractivity contribution < 1.29 is 19.1 Å². The summed E-state index contributed by atoms with van der Waals surface area (Å²) in [5.41, 5.74) is 1.54. The number of thiazole rings is 1. The summed E-state index contributed by atoms with van der Waals surface area (Å²) in [7, 11) is 4.64. The van der Waals surface area contributed by atoms with E-state index >= 15 is 0 Å². The summed E-state index contributed by atoms with van der Waals surface area (Å²) in [4.78, 5) is 46.2. The molecule has 2 aliphatic heterocycles. The van der Waals surface area contributed by atoms with E-state index < -0.39 is 5.41 Å². The van der Waals surface area contributed by atoms with Gasteiger partial charge in [0.25, 0.3) is 5.91 Å². The summed E-state index contributed by atoms with van der Waals surface area (Å²) in [6.07, 6.45) is 0.307. The van der Waals surface area contributed by atoms with E-state index in [4.69, 9.17) is 16.3 Å². The van der Waals surface area contributed by atoms with Crippen LogP contribution in [0.4, 0.5) is 20.4 Å². The number of carbonyl (C=O) groups is 3. The minimum atomic E-state index is -0.416. The number of fused-ring (bicyclic) bond motifs is 2. The molecule has 0 radical (unpaired) electrons. The van der Waals surface area contributed by atoms with Gasteiger partial charge in [0, 0.05) is 55.2 Å². The van der Waals surface area contributed by atoms with E-state index in [1.165, 1.54) is 23.3 Å². The number of carbonyl (C=O) groups excluding carboxylic acids is 3. The molecule has 0 aliphatic carbocycles. The zero-order chi connectivity index (χ0) is 22.3. The van der Waals surface area contributed by atoms with Crippen molar-refractivity contribution in [2.24, 2.45) is 0 Å². The van der Waals surface area contributed by atoms with Crippen LogP contribution >= 0.6 is 22.9 Å². The first kappa shape index (κ1) is 21.4. The molecular formula is C20H22ClN5O4S. The molecule has 1 fully saturated rings. The maximum Gasteiger partial charge on any atom is 0.409 e. The molecule has 11 heteroatoms. The van der Waals surface area contributed by atoms with E-state index in [1.807, 2.05) is 12.1 Å². The number of urea groups is 1. The van der Waals surface area contributed by atoms with Gasteiger partial charge >= 0.3 is 12.1 Å². The van der Waals surface area contributed by atoms with E-state index in [-0.39, 0.29) is 23.7 Å². The number of benzene rings is 1. The van der Waals surface area contributed by atoms with Crippen LogP contribution in [-0.4, -0.2) is 73.7 Å². The molecule has 2 aromatic rings. The molecule has 2 aliphatic rings. The second kappa shape index (κ2) is 8.01.